The maximum absolute atomic E-state index is 12.6. The Balaban J connectivity index is 2.10. The molecule has 1 saturated heterocycles. The number of methoxy groups -OCH3 is 1. The van der Waals surface area contributed by atoms with Gasteiger partial charge in [0.25, 0.3) is 5.91 Å². The molecule has 1 amide bonds. The van der Waals surface area contributed by atoms with Crippen LogP contribution in [0.15, 0.2) is 29.2 Å². The third-order valence-electron chi connectivity index (χ3n) is 3.62. The summed E-state index contributed by atoms with van der Waals surface area (Å²) in [6, 6.07) is 5.75. The van der Waals surface area contributed by atoms with Gasteiger partial charge in [-0.3, -0.25) is 4.79 Å². The molecule has 128 valence electrons. The Morgan fingerprint density at radius 2 is 2.09 bits per heavy atom. The maximum atomic E-state index is 12.6. The van der Waals surface area contributed by atoms with Crippen molar-refractivity contribution >= 4 is 15.9 Å². The minimum atomic E-state index is -3.57. The van der Waals surface area contributed by atoms with E-state index < -0.39 is 10.0 Å². The van der Waals surface area contributed by atoms with Crippen molar-refractivity contribution < 1.29 is 22.7 Å². The summed E-state index contributed by atoms with van der Waals surface area (Å²) in [5.74, 6) is -0.259. The van der Waals surface area contributed by atoms with E-state index in [1.165, 1.54) is 28.6 Å². The van der Waals surface area contributed by atoms with Crippen molar-refractivity contribution in [2.24, 2.45) is 0 Å². The van der Waals surface area contributed by atoms with E-state index in [2.05, 4.69) is 5.32 Å². The normalized spacial score (nSPS) is 19.5. The second kappa shape index (κ2) is 7.87. The average Bonchev–Trinajstić information content (AvgIpc) is 2.55. The molecule has 1 atom stereocenters. The fraction of sp³-hybridized carbons (Fsp3) is 0.533. The van der Waals surface area contributed by atoms with Crippen LogP contribution in [-0.4, -0.2) is 64.7 Å². The van der Waals surface area contributed by atoms with E-state index in [9.17, 15) is 13.2 Å². The van der Waals surface area contributed by atoms with Gasteiger partial charge in [0.05, 0.1) is 24.7 Å². The topological polar surface area (TPSA) is 84.9 Å². The summed E-state index contributed by atoms with van der Waals surface area (Å²) in [5.41, 5.74) is 0.412. The lowest BCUT2D eigenvalue weighted by Crippen LogP contribution is -2.46. The summed E-state index contributed by atoms with van der Waals surface area (Å²) in [7, 11) is -2.02. The first-order valence-electron chi connectivity index (χ1n) is 7.43. The standard InChI is InChI=1S/C15H22N2O5S/c1-12-11-22-10-8-17(12)23(19,20)14-5-3-13(4-6-14)15(18)16-7-9-21-2/h3-6,12H,7-11H2,1-2H3,(H,16,18). The van der Waals surface area contributed by atoms with Crippen LogP contribution in [0.25, 0.3) is 0 Å². The number of amides is 1. The highest BCUT2D eigenvalue weighted by atomic mass is 32.2. The number of carbonyl (C=O) groups is 1. The van der Waals surface area contributed by atoms with E-state index in [0.29, 0.717) is 38.5 Å². The van der Waals surface area contributed by atoms with Gasteiger partial charge in [0.1, 0.15) is 0 Å². The number of ether oxygens (including phenoxy) is 2. The van der Waals surface area contributed by atoms with E-state index in [1.807, 2.05) is 6.92 Å². The molecule has 1 heterocycles. The van der Waals surface area contributed by atoms with Crippen LogP contribution in [0.5, 0.6) is 0 Å². The zero-order valence-corrected chi connectivity index (χ0v) is 14.1. The zero-order valence-electron chi connectivity index (χ0n) is 13.3. The SMILES string of the molecule is COCCNC(=O)c1ccc(S(=O)(=O)N2CCOCC2C)cc1. The van der Waals surface area contributed by atoms with Crippen molar-refractivity contribution in [1.82, 2.24) is 9.62 Å². The smallest absolute Gasteiger partial charge is 0.251 e. The number of rotatable bonds is 6. The molecule has 2 rings (SSSR count). The predicted octanol–water partition coefficient (Wildman–Crippen LogP) is 0.472. The number of hydrogen-bond acceptors (Lipinski definition) is 5. The molecule has 7 nitrogen and oxygen atoms in total. The van der Waals surface area contributed by atoms with Gasteiger partial charge in [-0.15, -0.1) is 0 Å². The second-order valence-corrected chi connectivity index (χ2v) is 7.20. The summed E-state index contributed by atoms with van der Waals surface area (Å²) in [5, 5.41) is 2.69. The Bertz CT molecular complexity index is 630. The van der Waals surface area contributed by atoms with E-state index in [4.69, 9.17) is 9.47 Å². The largest absolute Gasteiger partial charge is 0.383 e. The van der Waals surface area contributed by atoms with Gasteiger partial charge in [0, 0.05) is 31.8 Å². The maximum Gasteiger partial charge on any atom is 0.251 e. The van der Waals surface area contributed by atoms with Crippen LogP contribution in [0, 0.1) is 0 Å². The van der Waals surface area contributed by atoms with E-state index in [1.54, 1.807) is 7.11 Å². The van der Waals surface area contributed by atoms with Crippen molar-refractivity contribution in [2.45, 2.75) is 17.9 Å². The fourth-order valence-electron chi connectivity index (χ4n) is 2.35. The van der Waals surface area contributed by atoms with E-state index >= 15 is 0 Å². The van der Waals surface area contributed by atoms with Crippen LogP contribution in [-0.2, 0) is 19.5 Å². The quantitative estimate of drug-likeness (QED) is 0.760. The monoisotopic (exact) mass is 342 g/mol. The summed E-state index contributed by atoms with van der Waals surface area (Å²) in [6.07, 6.45) is 0. The molecule has 1 aromatic carbocycles. The Morgan fingerprint density at radius 1 is 1.39 bits per heavy atom. The molecule has 1 fully saturated rings. The lowest BCUT2D eigenvalue weighted by atomic mass is 10.2. The Hall–Kier alpha value is -1.48. The van der Waals surface area contributed by atoms with Crippen LogP contribution in [0.3, 0.4) is 0 Å². The van der Waals surface area contributed by atoms with Gasteiger partial charge in [-0.1, -0.05) is 0 Å². The minimum absolute atomic E-state index is 0.180. The number of carbonyl (C=O) groups excluding carboxylic acids is 1. The van der Waals surface area contributed by atoms with Gasteiger partial charge >= 0.3 is 0 Å². The highest BCUT2D eigenvalue weighted by Crippen LogP contribution is 2.20. The number of sulfonamides is 1. The summed E-state index contributed by atoms with van der Waals surface area (Å²) in [4.78, 5) is 12.1. The molecule has 0 bridgehead atoms. The van der Waals surface area contributed by atoms with Gasteiger partial charge in [-0.2, -0.15) is 4.31 Å². The van der Waals surface area contributed by atoms with E-state index in [0.717, 1.165) is 0 Å². The van der Waals surface area contributed by atoms with Gasteiger partial charge in [-0.05, 0) is 31.2 Å². The number of nitrogens with zero attached hydrogens (tertiary/aromatic N) is 1. The summed E-state index contributed by atoms with van der Waals surface area (Å²) < 4.78 is 36.9. The summed E-state index contributed by atoms with van der Waals surface area (Å²) >= 11 is 0. The number of nitrogens with one attached hydrogen (secondary N) is 1. The summed E-state index contributed by atoms with van der Waals surface area (Å²) in [6.45, 7) is 3.76. The molecule has 0 aliphatic carbocycles. The highest BCUT2D eigenvalue weighted by Gasteiger charge is 2.31. The molecule has 0 saturated carbocycles. The Labute approximate surface area is 136 Å². The Morgan fingerprint density at radius 3 is 2.70 bits per heavy atom. The molecule has 1 aliphatic rings. The molecular formula is C15H22N2O5S. The molecule has 1 aliphatic heterocycles. The molecule has 23 heavy (non-hydrogen) atoms. The van der Waals surface area contributed by atoms with Crippen LogP contribution in [0.2, 0.25) is 0 Å². The molecule has 8 heteroatoms. The van der Waals surface area contributed by atoms with Gasteiger partial charge < -0.3 is 14.8 Å². The lowest BCUT2D eigenvalue weighted by Gasteiger charge is -2.32. The number of hydrogen-bond donors (Lipinski definition) is 1. The zero-order chi connectivity index (χ0) is 16.9. The third kappa shape index (κ3) is 4.29. The Kier molecular flexibility index (Phi) is 6.11. The molecule has 1 unspecified atom stereocenters. The van der Waals surface area contributed by atoms with Crippen LogP contribution in [0.4, 0.5) is 0 Å². The first kappa shape index (κ1) is 17.9. The van der Waals surface area contributed by atoms with Crippen molar-refractivity contribution in [3.05, 3.63) is 29.8 Å². The molecule has 1 aromatic rings. The molecule has 1 N–H and O–H groups in total. The highest BCUT2D eigenvalue weighted by molar-refractivity contribution is 7.89. The van der Waals surface area contributed by atoms with Crippen molar-refractivity contribution in [3.63, 3.8) is 0 Å². The first-order chi connectivity index (χ1) is 11.0. The van der Waals surface area contributed by atoms with Crippen LogP contribution < -0.4 is 5.32 Å². The molecule has 0 spiro atoms. The fourth-order valence-corrected chi connectivity index (χ4v) is 3.95. The first-order valence-corrected chi connectivity index (χ1v) is 8.87. The second-order valence-electron chi connectivity index (χ2n) is 5.31. The average molecular weight is 342 g/mol. The van der Waals surface area contributed by atoms with Gasteiger partial charge in [0.2, 0.25) is 10.0 Å². The van der Waals surface area contributed by atoms with Gasteiger partial charge in [-0.25, -0.2) is 8.42 Å². The van der Waals surface area contributed by atoms with Crippen LogP contribution in [0.1, 0.15) is 17.3 Å². The molecular weight excluding hydrogens is 320 g/mol. The number of benzene rings is 1. The van der Waals surface area contributed by atoms with Gasteiger partial charge in [0.15, 0.2) is 0 Å². The van der Waals surface area contributed by atoms with E-state index in [-0.39, 0.29) is 16.8 Å². The minimum Gasteiger partial charge on any atom is -0.383 e. The van der Waals surface area contributed by atoms with Crippen molar-refractivity contribution in [1.29, 1.82) is 0 Å². The number of morpholine rings is 1. The predicted molar refractivity (Wildman–Crippen MR) is 84.8 cm³/mol. The lowest BCUT2D eigenvalue weighted by molar-refractivity contribution is 0.0393. The van der Waals surface area contributed by atoms with Crippen LogP contribution >= 0.6 is 0 Å². The van der Waals surface area contributed by atoms with Crippen molar-refractivity contribution in [3.8, 4) is 0 Å². The van der Waals surface area contributed by atoms with Crippen molar-refractivity contribution in [2.75, 3.05) is 40.0 Å². The third-order valence-corrected chi connectivity index (χ3v) is 5.65. The molecule has 0 aromatic heterocycles. The molecule has 0 radical (unpaired) electrons.